The third kappa shape index (κ3) is 3.03. The predicted molar refractivity (Wildman–Crippen MR) is 81.7 cm³/mol. The molecule has 1 N–H and O–H groups in total. The molecule has 2 aromatic heterocycles. The zero-order chi connectivity index (χ0) is 14.7. The van der Waals surface area contributed by atoms with Crippen molar-refractivity contribution in [2.75, 3.05) is 5.32 Å². The van der Waals surface area contributed by atoms with Gasteiger partial charge < -0.3 is 5.32 Å². The molecule has 5 heteroatoms. The minimum Gasteiger partial charge on any atom is -0.378 e. The van der Waals surface area contributed by atoms with Gasteiger partial charge in [-0.1, -0.05) is 20.8 Å². The Morgan fingerprint density at radius 1 is 1.25 bits per heavy atom. The van der Waals surface area contributed by atoms with Gasteiger partial charge in [-0.3, -0.25) is 9.36 Å². The van der Waals surface area contributed by atoms with Crippen LogP contribution in [0.2, 0.25) is 0 Å². The second-order valence-electron chi connectivity index (χ2n) is 5.67. The molecule has 20 heavy (non-hydrogen) atoms. The minimum absolute atomic E-state index is 0.605. The summed E-state index contributed by atoms with van der Waals surface area (Å²) in [6, 6.07) is 0. The van der Waals surface area contributed by atoms with E-state index < -0.39 is 0 Å². The highest BCUT2D eigenvalue weighted by atomic mass is 15.3. The molecule has 0 aliphatic rings. The third-order valence-electron chi connectivity index (χ3n) is 3.63. The van der Waals surface area contributed by atoms with Gasteiger partial charge in [0.05, 0.1) is 23.8 Å². The fourth-order valence-corrected chi connectivity index (χ4v) is 2.34. The van der Waals surface area contributed by atoms with Crippen molar-refractivity contribution in [3.05, 3.63) is 29.3 Å². The van der Waals surface area contributed by atoms with Crippen LogP contribution in [0.3, 0.4) is 0 Å². The van der Waals surface area contributed by atoms with E-state index in [1.807, 2.05) is 24.1 Å². The van der Waals surface area contributed by atoms with Crippen LogP contribution in [0.5, 0.6) is 0 Å². The molecule has 0 aromatic carbocycles. The first-order chi connectivity index (χ1) is 9.52. The van der Waals surface area contributed by atoms with Gasteiger partial charge in [0.15, 0.2) is 0 Å². The summed E-state index contributed by atoms with van der Waals surface area (Å²) in [5.74, 6) is 0.605. The highest BCUT2D eigenvalue weighted by Crippen LogP contribution is 2.18. The van der Waals surface area contributed by atoms with Crippen LogP contribution in [0.4, 0.5) is 5.69 Å². The molecule has 0 saturated carbocycles. The summed E-state index contributed by atoms with van der Waals surface area (Å²) in [7, 11) is 1.97. The lowest BCUT2D eigenvalue weighted by Crippen LogP contribution is -2.10. The molecule has 0 atom stereocenters. The second-order valence-corrected chi connectivity index (χ2v) is 5.67. The highest BCUT2D eigenvalue weighted by molar-refractivity contribution is 5.47. The van der Waals surface area contributed by atoms with E-state index in [0.29, 0.717) is 5.92 Å². The number of aromatic nitrogens is 4. The van der Waals surface area contributed by atoms with Crippen LogP contribution in [0.1, 0.15) is 37.7 Å². The molecular formula is C15H25N5. The van der Waals surface area contributed by atoms with Crippen molar-refractivity contribution in [2.24, 2.45) is 13.0 Å². The summed E-state index contributed by atoms with van der Waals surface area (Å²) in [4.78, 5) is 0. The number of nitrogens with zero attached hydrogens (tertiary/aromatic N) is 4. The molecule has 2 heterocycles. The van der Waals surface area contributed by atoms with Crippen molar-refractivity contribution >= 4 is 5.69 Å². The monoisotopic (exact) mass is 275 g/mol. The van der Waals surface area contributed by atoms with Gasteiger partial charge in [0.2, 0.25) is 0 Å². The zero-order valence-corrected chi connectivity index (χ0v) is 13.1. The van der Waals surface area contributed by atoms with Crippen molar-refractivity contribution in [3.8, 4) is 0 Å². The lowest BCUT2D eigenvalue weighted by Gasteiger charge is -2.11. The molecule has 5 nitrogen and oxygen atoms in total. The van der Waals surface area contributed by atoms with E-state index in [0.717, 1.165) is 25.2 Å². The van der Waals surface area contributed by atoms with Crippen molar-refractivity contribution in [2.45, 2.75) is 47.2 Å². The van der Waals surface area contributed by atoms with Crippen LogP contribution in [-0.4, -0.2) is 19.6 Å². The molecule has 0 fully saturated rings. The van der Waals surface area contributed by atoms with Crippen molar-refractivity contribution < 1.29 is 0 Å². The smallest absolute Gasteiger partial charge is 0.0761 e. The summed E-state index contributed by atoms with van der Waals surface area (Å²) >= 11 is 0. The predicted octanol–water partition coefficient (Wildman–Crippen LogP) is 2.76. The van der Waals surface area contributed by atoms with E-state index >= 15 is 0 Å². The quantitative estimate of drug-likeness (QED) is 0.882. The van der Waals surface area contributed by atoms with E-state index in [-0.39, 0.29) is 0 Å². The summed E-state index contributed by atoms with van der Waals surface area (Å²) in [5.41, 5.74) is 4.84. The molecule has 0 unspecified atom stereocenters. The second kappa shape index (κ2) is 6.11. The summed E-state index contributed by atoms with van der Waals surface area (Å²) < 4.78 is 4.02. The van der Waals surface area contributed by atoms with Crippen LogP contribution in [0.15, 0.2) is 12.4 Å². The standard InChI is InChI=1S/C15H25N5/c1-6-15-14(9-18-20(15)10-11(2)3)16-7-13-8-17-19(5)12(13)4/h8-9,11,16H,6-7,10H2,1-5H3. The topological polar surface area (TPSA) is 47.7 Å². The highest BCUT2D eigenvalue weighted by Gasteiger charge is 2.11. The Kier molecular flexibility index (Phi) is 4.47. The number of anilines is 1. The molecular weight excluding hydrogens is 250 g/mol. The van der Waals surface area contributed by atoms with E-state index in [1.54, 1.807) is 0 Å². The van der Waals surface area contributed by atoms with Crippen LogP contribution in [0, 0.1) is 12.8 Å². The average molecular weight is 275 g/mol. The van der Waals surface area contributed by atoms with Gasteiger partial charge in [0.1, 0.15) is 0 Å². The Morgan fingerprint density at radius 2 is 2.00 bits per heavy atom. The maximum Gasteiger partial charge on any atom is 0.0761 e. The van der Waals surface area contributed by atoms with Crippen LogP contribution in [-0.2, 0) is 26.6 Å². The Labute approximate surface area is 121 Å². The Morgan fingerprint density at radius 3 is 2.55 bits per heavy atom. The normalized spacial score (nSPS) is 11.3. The van der Waals surface area contributed by atoms with Gasteiger partial charge in [0.25, 0.3) is 0 Å². The molecule has 0 aliphatic carbocycles. The van der Waals surface area contributed by atoms with E-state index in [2.05, 4.69) is 47.9 Å². The van der Waals surface area contributed by atoms with Crippen LogP contribution in [0.25, 0.3) is 0 Å². The summed E-state index contributed by atoms with van der Waals surface area (Å²) in [6.45, 7) is 10.5. The van der Waals surface area contributed by atoms with Crippen molar-refractivity contribution in [3.63, 3.8) is 0 Å². The maximum atomic E-state index is 4.50. The van der Waals surface area contributed by atoms with E-state index in [4.69, 9.17) is 0 Å². The number of hydrogen-bond donors (Lipinski definition) is 1. The lowest BCUT2D eigenvalue weighted by molar-refractivity contribution is 0.470. The maximum absolute atomic E-state index is 4.50. The molecule has 0 aliphatic heterocycles. The van der Waals surface area contributed by atoms with Crippen LogP contribution < -0.4 is 5.32 Å². The number of aryl methyl sites for hydroxylation is 1. The molecule has 0 radical (unpaired) electrons. The van der Waals surface area contributed by atoms with Gasteiger partial charge in [-0.25, -0.2) is 0 Å². The molecule has 0 spiro atoms. The van der Waals surface area contributed by atoms with Gasteiger partial charge in [-0.05, 0) is 19.3 Å². The SMILES string of the molecule is CCc1c(NCc2cnn(C)c2C)cnn1CC(C)C. The first-order valence-electron chi connectivity index (χ1n) is 7.29. The zero-order valence-electron chi connectivity index (χ0n) is 13.1. The third-order valence-corrected chi connectivity index (χ3v) is 3.63. The van der Waals surface area contributed by atoms with E-state index in [1.165, 1.54) is 17.0 Å². The Bertz CT molecular complexity index is 565. The van der Waals surface area contributed by atoms with Crippen molar-refractivity contribution in [1.82, 2.24) is 19.6 Å². The molecule has 0 amide bonds. The summed E-state index contributed by atoms with van der Waals surface area (Å²) in [5, 5.41) is 12.3. The van der Waals surface area contributed by atoms with Gasteiger partial charge in [0, 0.05) is 31.4 Å². The number of hydrogen-bond acceptors (Lipinski definition) is 3. The summed E-state index contributed by atoms with van der Waals surface area (Å²) in [6.07, 6.45) is 4.85. The lowest BCUT2D eigenvalue weighted by atomic mass is 10.2. The minimum atomic E-state index is 0.605. The molecule has 2 rings (SSSR count). The number of rotatable bonds is 6. The van der Waals surface area contributed by atoms with Crippen molar-refractivity contribution in [1.29, 1.82) is 0 Å². The molecule has 0 bridgehead atoms. The molecule has 2 aromatic rings. The van der Waals surface area contributed by atoms with Crippen LogP contribution >= 0.6 is 0 Å². The first kappa shape index (κ1) is 14.6. The Balaban J connectivity index is 2.09. The molecule has 0 saturated heterocycles. The average Bonchev–Trinajstić information content (AvgIpc) is 2.92. The van der Waals surface area contributed by atoms with Gasteiger partial charge >= 0.3 is 0 Å². The fraction of sp³-hybridized carbons (Fsp3) is 0.600. The largest absolute Gasteiger partial charge is 0.378 e. The molecule has 110 valence electrons. The van der Waals surface area contributed by atoms with E-state index in [9.17, 15) is 0 Å². The fourth-order valence-electron chi connectivity index (χ4n) is 2.34. The first-order valence-corrected chi connectivity index (χ1v) is 7.29. The Hall–Kier alpha value is -1.78. The van der Waals surface area contributed by atoms with Gasteiger partial charge in [-0.15, -0.1) is 0 Å². The number of nitrogens with one attached hydrogen (secondary N) is 1. The van der Waals surface area contributed by atoms with Gasteiger partial charge in [-0.2, -0.15) is 10.2 Å².